The first-order chi connectivity index (χ1) is 14.1. The number of hydrogen-bond donors (Lipinski definition) is 1. The molecule has 1 N–H and O–H groups in total. The molecule has 0 radical (unpaired) electrons. The molecule has 0 aliphatic heterocycles. The van der Waals surface area contributed by atoms with Crippen LogP contribution in [0, 0.1) is 11.3 Å². The molecule has 0 saturated heterocycles. The van der Waals surface area contributed by atoms with E-state index < -0.39 is 11.9 Å². The van der Waals surface area contributed by atoms with Crippen molar-refractivity contribution in [1.82, 2.24) is 5.32 Å². The Hall–Kier alpha value is -3.85. The van der Waals surface area contributed by atoms with E-state index in [4.69, 9.17) is 9.15 Å². The van der Waals surface area contributed by atoms with Gasteiger partial charge >= 0.3 is 5.97 Å². The van der Waals surface area contributed by atoms with Crippen molar-refractivity contribution in [3.05, 3.63) is 71.5 Å². The van der Waals surface area contributed by atoms with Crippen molar-refractivity contribution in [2.75, 3.05) is 6.54 Å². The summed E-state index contributed by atoms with van der Waals surface area (Å²) in [5.74, 6) is -0.553. The van der Waals surface area contributed by atoms with Crippen LogP contribution in [0.25, 0.3) is 17.0 Å². The van der Waals surface area contributed by atoms with Crippen LogP contribution in [0.4, 0.5) is 0 Å². The zero-order valence-corrected chi connectivity index (χ0v) is 16.0. The van der Waals surface area contributed by atoms with Gasteiger partial charge in [-0.05, 0) is 42.3 Å². The van der Waals surface area contributed by atoms with Gasteiger partial charge in [-0.2, -0.15) is 5.26 Å². The zero-order chi connectivity index (χ0) is 20.6. The number of nitrogens with one attached hydrogen (secondary N) is 1. The number of ether oxygens (including phenoxy) is 1. The summed E-state index contributed by atoms with van der Waals surface area (Å²) < 4.78 is 10.8. The molecule has 0 fully saturated rings. The Kier molecular flexibility index (Phi) is 6.43. The second-order valence-electron chi connectivity index (χ2n) is 6.39. The van der Waals surface area contributed by atoms with Crippen LogP contribution >= 0.6 is 0 Å². The summed E-state index contributed by atoms with van der Waals surface area (Å²) in [5.41, 5.74) is 1.28. The molecule has 6 heteroatoms. The molecule has 29 heavy (non-hydrogen) atoms. The predicted molar refractivity (Wildman–Crippen MR) is 109 cm³/mol. The number of amides is 1. The van der Waals surface area contributed by atoms with Crippen molar-refractivity contribution in [2.45, 2.75) is 19.8 Å². The quantitative estimate of drug-likeness (QED) is 0.212. The van der Waals surface area contributed by atoms with Crippen LogP contribution in [0.1, 0.15) is 35.9 Å². The fraction of sp³-hybridized carbons (Fsp3) is 0.174. The maximum atomic E-state index is 12.3. The Morgan fingerprint density at radius 3 is 2.62 bits per heavy atom. The molecule has 0 atom stereocenters. The standard InChI is InChI=1S/C23H20N2O4/c1-2-3-12-25-22(26)18(15-24)13-16-8-10-19(11-9-16)28-23(27)21-14-17-6-4-5-7-20(17)29-21/h4-11,13-14H,2-3,12H2,1H3,(H,25,26)/b18-13+. The number of nitriles is 1. The molecule has 3 aromatic rings. The molecule has 6 nitrogen and oxygen atoms in total. The lowest BCUT2D eigenvalue weighted by molar-refractivity contribution is -0.117. The van der Waals surface area contributed by atoms with Gasteiger partial charge in [0.15, 0.2) is 0 Å². The number of esters is 1. The average molecular weight is 388 g/mol. The number of carbonyl (C=O) groups is 2. The third-order valence-corrected chi connectivity index (χ3v) is 4.21. The normalized spacial score (nSPS) is 11.1. The lowest BCUT2D eigenvalue weighted by Crippen LogP contribution is -2.25. The van der Waals surface area contributed by atoms with Crippen LogP contribution < -0.4 is 10.1 Å². The van der Waals surface area contributed by atoms with Gasteiger partial charge in [0, 0.05) is 11.9 Å². The Morgan fingerprint density at radius 2 is 1.93 bits per heavy atom. The summed E-state index contributed by atoms with van der Waals surface area (Å²) in [4.78, 5) is 24.3. The minimum absolute atomic E-state index is 0.0214. The van der Waals surface area contributed by atoms with Gasteiger partial charge in [-0.15, -0.1) is 0 Å². The zero-order valence-electron chi connectivity index (χ0n) is 16.0. The lowest BCUT2D eigenvalue weighted by Gasteiger charge is -2.04. The van der Waals surface area contributed by atoms with Gasteiger partial charge in [0.25, 0.3) is 5.91 Å². The fourth-order valence-corrected chi connectivity index (χ4v) is 2.66. The summed E-state index contributed by atoms with van der Waals surface area (Å²) in [6.45, 7) is 2.56. The van der Waals surface area contributed by atoms with E-state index in [1.807, 2.05) is 31.2 Å². The number of rotatable bonds is 7. The highest BCUT2D eigenvalue weighted by Crippen LogP contribution is 2.21. The molecule has 0 aliphatic rings. The third kappa shape index (κ3) is 5.11. The fourth-order valence-electron chi connectivity index (χ4n) is 2.66. The maximum absolute atomic E-state index is 12.3. The molecular weight excluding hydrogens is 368 g/mol. The van der Waals surface area contributed by atoms with Gasteiger partial charge in [0.2, 0.25) is 5.76 Å². The van der Waals surface area contributed by atoms with Crippen LogP contribution in [0.5, 0.6) is 5.75 Å². The molecule has 1 aromatic heterocycles. The number of unbranched alkanes of at least 4 members (excludes halogenated alkanes) is 1. The number of nitrogens with zero attached hydrogens (tertiary/aromatic N) is 1. The van der Waals surface area contributed by atoms with Gasteiger partial charge in [-0.1, -0.05) is 43.7 Å². The first-order valence-electron chi connectivity index (χ1n) is 9.31. The second kappa shape index (κ2) is 9.38. The SMILES string of the molecule is CCCCNC(=O)/C(C#N)=C/c1ccc(OC(=O)c2cc3ccccc3o2)cc1. The third-order valence-electron chi connectivity index (χ3n) is 4.21. The van der Waals surface area contributed by atoms with Crippen molar-refractivity contribution < 1.29 is 18.7 Å². The van der Waals surface area contributed by atoms with E-state index in [-0.39, 0.29) is 11.3 Å². The van der Waals surface area contributed by atoms with E-state index in [0.717, 1.165) is 18.2 Å². The summed E-state index contributed by atoms with van der Waals surface area (Å²) in [6, 6.07) is 17.4. The predicted octanol–water partition coefficient (Wildman–Crippen LogP) is 4.48. The number of benzene rings is 2. The average Bonchev–Trinajstić information content (AvgIpc) is 3.18. The molecular formula is C23H20N2O4. The van der Waals surface area contributed by atoms with Crippen molar-refractivity contribution in [1.29, 1.82) is 5.26 Å². The van der Waals surface area contributed by atoms with Crippen molar-refractivity contribution in [3.8, 4) is 11.8 Å². The first kappa shape index (κ1) is 19.9. The van der Waals surface area contributed by atoms with Crippen molar-refractivity contribution >= 4 is 28.9 Å². The Bertz CT molecular complexity index is 1060. The monoisotopic (exact) mass is 388 g/mol. The number of fused-ring (bicyclic) bond motifs is 1. The van der Waals surface area contributed by atoms with Crippen LogP contribution in [-0.4, -0.2) is 18.4 Å². The number of carbonyl (C=O) groups excluding carboxylic acids is 2. The Morgan fingerprint density at radius 1 is 1.17 bits per heavy atom. The summed E-state index contributed by atoms with van der Waals surface area (Å²) in [7, 11) is 0. The van der Waals surface area contributed by atoms with Gasteiger partial charge in [0.05, 0.1) is 0 Å². The molecule has 1 heterocycles. The van der Waals surface area contributed by atoms with Crippen molar-refractivity contribution in [3.63, 3.8) is 0 Å². The molecule has 2 aromatic carbocycles. The Balaban J connectivity index is 1.66. The van der Waals surface area contributed by atoms with Gasteiger partial charge in [-0.25, -0.2) is 4.79 Å². The van der Waals surface area contributed by atoms with E-state index in [2.05, 4.69) is 5.32 Å². The minimum Gasteiger partial charge on any atom is -0.449 e. The summed E-state index contributed by atoms with van der Waals surface area (Å²) in [5, 5.41) is 12.7. The molecule has 146 valence electrons. The number of hydrogen-bond acceptors (Lipinski definition) is 5. The summed E-state index contributed by atoms with van der Waals surface area (Å²) in [6.07, 6.45) is 3.31. The summed E-state index contributed by atoms with van der Waals surface area (Å²) >= 11 is 0. The lowest BCUT2D eigenvalue weighted by atomic mass is 10.1. The minimum atomic E-state index is -0.600. The van der Waals surface area contributed by atoms with Crippen LogP contribution in [0.2, 0.25) is 0 Å². The molecule has 0 spiro atoms. The highest BCUT2D eigenvalue weighted by Gasteiger charge is 2.14. The van der Waals surface area contributed by atoms with Gasteiger partial charge in [-0.3, -0.25) is 4.79 Å². The smallest absolute Gasteiger partial charge is 0.379 e. The topological polar surface area (TPSA) is 92.3 Å². The van der Waals surface area contributed by atoms with Gasteiger partial charge in [0.1, 0.15) is 23.0 Å². The van der Waals surface area contributed by atoms with Crippen molar-refractivity contribution in [2.24, 2.45) is 0 Å². The first-order valence-corrected chi connectivity index (χ1v) is 9.31. The Labute approximate surface area is 168 Å². The highest BCUT2D eigenvalue weighted by molar-refractivity contribution is 6.01. The highest BCUT2D eigenvalue weighted by atomic mass is 16.5. The molecule has 1 amide bonds. The molecule has 0 aliphatic carbocycles. The van der Waals surface area contributed by atoms with E-state index >= 15 is 0 Å². The molecule has 3 rings (SSSR count). The van der Waals surface area contributed by atoms with Crippen LogP contribution in [0.15, 0.2) is 64.6 Å². The van der Waals surface area contributed by atoms with E-state index in [9.17, 15) is 14.9 Å². The van der Waals surface area contributed by atoms with E-state index in [1.54, 1.807) is 36.4 Å². The molecule has 0 unspecified atom stereocenters. The van der Waals surface area contributed by atoms with Crippen LogP contribution in [0.3, 0.4) is 0 Å². The maximum Gasteiger partial charge on any atom is 0.379 e. The van der Waals surface area contributed by atoms with E-state index in [0.29, 0.717) is 23.4 Å². The van der Waals surface area contributed by atoms with Gasteiger partial charge < -0.3 is 14.5 Å². The molecule has 0 saturated carbocycles. The van der Waals surface area contributed by atoms with Crippen LogP contribution in [-0.2, 0) is 4.79 Å². The number of furan rings is 1. The second-order valence-corrected chi connectivity index (χ2v) is 6.39. The molecule has 0 bridgehead atoms. The largest absolute Gasteiger partial charge is 0.449 e. The number of para-hydroxylation sites is 1. The van der Waals surface area contributed by atoms with E-state index in [1.165, 1.54) is 6.08 Å².